The molecule has 2 nitrogen and oxygen atoms in total. The number of benzene rings is 1. The molecule has 0 heterocycles. The summed E-state index contributed by atoms with van der Waals surface area (Å²) in [6.07, 6.45) is 1.31. The van der Waals surface area contributed by atoms with Crippen molar-refractivity contribution in [3.8, 4) is 0 Å². The topological polar surface area (TPSA) is 23.5 Å². The Hall–Kier alpha value is -0.640. The van der Waals surface area contributed by atoms with Crippen LogP contribution in [0.5, 0.6) is 0 Å². The van der Waals surface area contributed by atoms with Crippen LogP contribution in [-0.2, 0) is 6.42 Å². The molecule has 1 atom stereocenters. The van der Waals surface area contributed by atoms with Crippen molar-refractivity contribution in [3.63, 3.8) is 0 Å². The first kappa shape index (κ1) is 18.4. The molecule has 0 fully saturated rings. The molecule has 1 aromatic rings. The van der Waals surface area contributed by atoms with Gasteiger partial charge >= 0.3 is 0 Å². The summed E-state index contributed by atoms with van der Waals surface area (Å²) in [7, 11) is 0. The second-order valence-corrected chi connectivity index (χ2v) is 5.82. The van der Waals surface area contributed by atoms with Crippen molar-refractivity contribution >= 4 is 11.6 Å². The normalized spacial score (nSPS) is 13.7. The van der Waals surface area contributed by atoms with Crippen LogP contribution in [-0.4, -0.2) is 34.7 Å². The van der Waals surface area contributed by atoms with Gasteiger partial charge in [-0.1, -0.05) is 51.4 Å². The van der Waals surface area contributed by atoms with Gasteiger partial charge in [0.15, 0.2) is 0 Å². The number of halogens is 2. The fourth-order valence-corrected chi connectivity index (χ4v) is 3.53. The molecular weight excluding hydrogens is 289 g/mol. The highest BCUT2D eigenvalue weighted by Crippen LogP contribution is 2.31. The highest BCUT2D eigenvalue weighted by Gasteiger charge is 2.39. The van der Waals surface area contributed by atoms with Crippen LogP contribution >= 0.6 is 11.6 Å². The summed E-state index contributed by atoms with van der Waals surface area (Å²) in [5.74, 6) is -0.418. The van der Waals surface area contributed by atoms with E-state index in [1.54, 1.807) is 12.1 Å². The molecule has 0 saturated heterocycles. The molecule has 0 spiro atoms. The number of hydrogen-bond donors (Lipinski definition) is 1. The van der Waals surface area contributed by atoms with Crippen LogP contribution in [0.1, 0.15) is 46.1 Å². The highest BCUT2D eigenvalue weighted by atomic mass is 35.5. The first-order valence-corrected chi connectivity index (χ1v) is 8.20. The van der Waals surface area contributed by atoms with Crippen molar-refractivity contribution in [3.05, 3.63) is 34.6 Å². The fourth-order valence-electron chi connectivity index (χ4n) is 3.34. The zero-order valence-electron chi connectivity index (χ0n) is 13.5. The highest BCUT2D eigenvalue weighted by molar-refractivity contribution is 6.30. The van der Waals surface area contributed by atoms with Crippen LogP contribution in [0.25, 0.3) is 0 Å². The second kappa shape index (κ2) is 8.11. The minimum atomic E-state index is -0.625. The lowest BCUT2D eigenvalue weighted by molar-refractivity contribution is -0.0344. The Morgan fingerprint density at radius 3 is 2.24 bits per heavy atom. The van der Waals surface area contributed by atoms with Crippen LogP contribution in [0.4, 0.5) is 4.39 Å². The maximum absolute atomic E-state index is 14.1. The third-order valence-corrected chi connectivity index (χ3v) is 4.97. The molecule has 1 N–H and O–H groups in total. The summed E-state index contributed by atoms with van der Waals surface area (Å²) >= 11 is 5.83. The molecule has 0 radical (unpaired) electrons. The molecule has 0 aliphatic heterocycles. The van der Waals surface area contributed by atoms with Crippen molar-refractivity contribution in [2.75, 3.05) is 13.1 Å². The van der Waals surface area contributed by atoms with Crippen LogP contribution < -0.4 is 0 Å². The molecule has 0 aliphatic rings. The lowest BCUT2D eigenvalue weighted by Gasteiger charge is -2.46. The van der Waals surface area contributed by atoms with E-state index >= 15 is 0 Å². The summed E-state index contributed by atoms with van der Waals surface area (Å²) in [6, 6.07) is 4.96. The van der Waals surface area contributed by atoms with Gasteiger partial charge in [-0.2, -0.15) is 0 Å². The molecular formula is C17H27ClFNO. The van der Waals surface area contributed by atoms with Crippen molar-refractivity contribution in [1.29, 1.82) is 0 Å². The van der Waals surface area contributed by atoms with E-state index < -0.39 is 11.9 Å². The number of likely N-dealkylation sites (N-methyl/N-ethyl adjacent to an activating group) is 1. The molecule has 4 heteroatoms. The molecule has 0 amide bonds. The lowest BCUT2D eigenvalue weighted by Crippen LogP contribution is -2.56. The van der Waals surface area contributed by atoms with E-state index in [1.165, 1.54) is 6.07 Å². The standard InChI is InChI=1S/C17H27ClFNO/c1-5-17(6-2,20(7-3)8-4)15(21)12-13-10-9-11-14(18)16(13)19/h9-11,15,21H,5-8,12H2,1-4H3. The van der Waals surface area contributed by atoms with Crippen LogP contribution in [0, 0.1) is 5.82 Å². The van der Waals surface area contributed by atoms with E-state index in [-0.39, 0.29) is 17.0 Å². The predicted octanol–water partition coefficient (Wildman–Crippen LogP) is 4.28. The van der Waals surface area contributed by atoms with E-state index in [2.05, 4.69) is 32.6 Å². The predicted molar refractivity (Wildman–Crippen MR) is 87.4 cm³/mol. The monoisotopic (exact) mass is 315 g/mol. The summed E-state index contributed by atoms with van der Waals surface area (Å²) in [4.78, 5) is 2.28. The molecule has 120 valence electrons. The van der Waals surface area contributed by atoms with E-state index in [9.17, 15) is 9.50 Å². The van der Waals surface area contributed by atoms with Gasteiger partial charge in [0.2, 0.25) is 0 Å². The fraction of sp³-hybridized carbons (Fsp3) is 0.647. The smallest absolute Gasteiger partial charge is 0.145 e. The quantitative estimate of drug-likeness (QED) is 0.774. The maximum Gasteiger partial charge on any atom is 0.145 e. The third kappa shape index (κ3) is 3.77. The molecule has 1 unspecified atom stereocenters. The van der Waals surface area contributed by atoms with Gasteiger partial charge in [0.05, 0.1) is 11.1 Å². The molecule has 1 aromatic carbocycles. The maximum atomic E-state index is 14.1. The molecule has 1 rings (SSSR count). The van der Waals surface area contributed by atoms with Gasteiger partial charge < -0.3 is 5.11 Å². The minimum absolute atomic E-state index is 0.112. The minimum Gasteiger partial charge on any atom is -0.391 e. The van der Waals surface area contributed by atoms with Gasteiger partial charge in [-0.25, -0.2) is 4.39 Å². The van der Waals surface area contributed by atoms with Gasteiger partial charge in [-0.3, -0.25) is 4.90 Å². The van der Waals surface area contributed by atoms with E-state index in [0.717, 1.165) is 25.9 Å². The van der Waals surface area contributed by atoms with E-state index in [1.807, 2.05) is 0 Å². The van der Waals surface area contributed by atoms with Gasteiger partial charge in [0.1, 0.15) is 5.82 Å². The van der Waals surface area contributed by atoms with Gasteiger partial charge in [0.25, 0.3) is 0 Å². The third-order valence-electron chi connectivity index (χ3n) is 4.68. The number of aliphatic hydroxyl groups is 1. The average molecular weight is 316 g/mol. The zero-order valence-corrected chi connectivity index (χ0v) is 14.3. The second-order valence-electron chi connectivity index (χ2n) is 5.42. The summed E-state index contributed by atoms with van der Waals surface area (Å²) in [5.41, 5.74) is 0.159. The number of hydrogen-bond acceptors (Lipinski definition) is 2. The number of nitrogens with zero attached hydrogens (tertiary/aromatic N) is 1. The van der Waals surface area contributed by atoms with Crippen molar-refractivity contribution < 1.29 is 9.50 Å². The van der Waals surface area contributed by atoms with Gasteiger partial charge in [0, 0.05) is 12.0 Å². The molecule has 0 saturated carbocycles. The first-order chi connectivity index (χ1) is 9.96. The Labute approximate surface area is 132 Å². The van der Waals surface area contributed by atoms with Crippen molar-refractivity contribution in [2.24, 2.45) is 0 Å². The average Bonchev–Trinajstić information content (AvgIpc) is 2.49. The SMILES string of the molecule is CCN(CC)C(CC)(CC)C(O)Cc1cccc(Cl)c1F. The van der Waals surface area contributed by atoms with Crippen LogP contribution in [0.3, 0.4) is 0 Å². The Morgan fingerprint density at radius 1 is 1.19 bits per heavy atom. The van der Waals surface area contributed by atoms with Crippen molar-refractivity contribution in [2.45, 2.75) is 58.6 Å². The lowest BCUT2D eigenvalue weighted by atomic mass is 9.81. The van der Waals surface area contributed by atoms with Gasteiger partial charge in [-0.05, 0) is 37.6 Å². The molecule has 21 heavy (non-hydrogen) atoms. The van der Waals surface area contributed by atoms with E-state index in [4.69, 9.17) is 11.6 Å². The van der Waals surface area contributed by atoms with Crippen LogP contribution in [0.15, 0.2) is 18.2 Å². The Morgan fingerprint density at radius 2 is 1.76 bits per heavy atom. The molecule has 0 bridgehead atoms. The molecule has 0 aliphatic carbocycles. The summed E-state index contributed by atoms with van der Waals surface area (Å²) in [5, 5.41) is 10.9. The first-order valence-electron chi connectivity index (χ1n) is 7.82. The largest absolute Gasteiger partial charge is 0.391 e. The summed E-state index contributed by atoms with van der Waals surface area (Å²) < 4.78 is 14.1. The van der Waals surface area contributed by atoms with Crippen molar-refractivity contribution in [1.82, 2.24) is 4.90 Å². The summed E-state index contributed by atoms with van der Waals surface area (Å²) in [6.45, 7) is 10.1. The zero-order chi connectivity index (χ0) is 16.0. The number of rotatable bonds is 8. The Bertz CT molecular complexity index is 444. The Balaban J connectivity index is 3.06. The van der Waals surface area contributed by atoms with E-state index in [0.29, 0.717) is 5.56 Å². The molecule has 0 aromatic heterocycles. The van der Waals surface area contributed by atoms with Gasteiger partial charge in [-0.15, -0.1) is 0 Å². The van der Waals surface area contributed by atoms with Crippen LogP contribution in [0.2, 0.25) is 5.02 Å². The Kier molecular flexibility index (Phi) is 7.11. The number of aliphatic hydroxyl groups excluding tert-OH is 1.